The lowest BCUT2D eigenvalue weighted by atomic mass is 10.0. The third kappa shape index (κ3) is 3.19. The highest BCUT2D eigenvalue weighted by atomic mass is 16.6. The molecule has 0 saturated carbocycles. The van der Waals surface area contributed by atoms with Crippen molar-refractivity contribution < 1.29 is 26.1 Å². The second-order valence-electron chi connectivity index (χ2n) is 4.62. The Kier molecular flexibility index (Phi) is 1.55. The molecule has 112 valence electrons. The zero-order valence-corrected chi connectivity index (χ0v) is 11.3. The summed E-state index contributed by atoms with van der Waals surface area (Å²) in [4.78, 5) is 12.7. The van der Waals surface area contributed by atoms with Gasteiger partial charge in [-0.05, 0) is 50.0 Å². The first-order valence-electron chi connectivity index (χ1n) is 12.1. The van der Waals surface area contributed by atoms with Gasteiger partial charge in [0.05, 0.1) is 12.9 Å². The van der Waals surface area contributed by atoms with Crippen molar-refractivity contribution in [2.45, 2.75) is 18.8 Å². The Morgan fingerprint density at radius 2 is 2.62 bits per heavy atom. The molecule has 5 heteroatoms. The van der Waals surface area contributed by atoms with E-state index in [2.05, 4.69) is 4.74 Å². The Hall–Kier alpha value is -2.01. The van der Waals surface area contributed by atoms with E-state index >= 15 is 0 Å². The SMILES string of the molecule is [2H]c1c(C[C@@]2([2H])COC(=O)N2[2H])c([2H])c2c(C([2H])([2H])CN(C)C([2H])([2H])[2H])c([2H])n([2H])c2c1[2H]. The molecule has 1 aromatic heterocycles. The molecule has 0 aliphatic carbocycles. The van der Waals surface area contributed by atoms with Crippen LogP contribution in [0.25, 0.3) is 10.9 Å². The fourth-order valence-electron chi connectivity index (χ4n) is 1.92. The minimum absolute atomic E-state index is 0.247. The van der Waals surface area contributed by atoms with Gasteiger partial charge in [-0.2, -0.15) is 0 Å². The zero-order chi connectivity index (χ0) is 25.3. The van der Waals surface area contributed by atoms with E-state index in [1.54, 1.807) is 0 Å². The molecule has 1 amide bonds. The summed E-state index contributed by atoms with van der Waals surface area (Å²) >= 11 is 0. The lowest BCUT2D eigenvalue weighted by Gasteiger charge is -2.09. The Bertz CT molecular complexity index is 1130. The fourth-order valence-corrected chi connectivity index (χ4v) is 1.92. The molecule has 0 unspecified atom stereocenters. The number of aromatic amines is 1. The van der Waals surface area contributed by atoms with Crippen LogP contribution in [-0.2, 0) is 17.5 Å². The van der Waals surface area contributed by atoms with Crippen molar-refractivity contribution in [2.75, 3.05) is 27.2 Å². The Morgan fingerprint density at radius 1 is 1.71 bits per heavy atom. The van der Waals surface area contributed by atoms with Crippen LogP contribution in [0.4, 0.5) is 4.79 Å². The second-order valence-corrected chi connectivity index (χ2v) is 4.62. The van der Waals surface area contributed by atoms with Crippen molar-refractivity contribution in [2.24, 2.45) is 0 Å². The number of benzene rings is 1. The van der Waals surface area contributed by atoms with E-state index in [4.69, 9.17) is 16.5 Å². The molecule has 0 spiro atoms. The molecular formula is C16H21N3O2. The number of alkyl carbamates (subject to hydrolysis) is 1. The molecule has 1 aromatic carbocycles. The average Bonchev–Trinajstić information content (AvgIpc) is 3.11. The van der Waals surface area contributed by atoms with Gasteiger partial charge in [0.15, 0.2) is 2.82 Å². The topological polar surface area (TPSA) is 57.4 Å². The first-order chi connectivity index (χ1) is 14.9. The Labute approximate surface area is 141 Å². The summed E-state index contributed by atoms with van der Waals surface area (Å²) in [5.74, 6) is 0. The summed E-state index contributed by atoms with van der Waals surface area (Å²) in [6.07, 6.45) is -4.91. The number of hydrogen-bond donors (Lipinski definition) is 2. The molecule has 2 heterocycles. The quantitative estimate of drug-likeness (QED) is 0.887. The normalized spacial score (nSPS) is 31.7. The van der Waals surface area contributed by atoms with Crippen molar-refractivity contribution in [3.05, 3.63) is 35.4 Å². The minimum Gasteiger partial charge on any atom is -0.447 e. The third-order valence-electron chi connectivity index (χ3n) is 2.86. The molecule has 5 nitrogen and oxygen atoms in total. The van der Waals surface area contributed by atoms with Gasteiger partial charge >= 0.3 is 6.09 Å². The molecule has 1 aliphatic heterocycles. The number of nitrogens with zero attached hydrogens (tertiary/aromatic N) is 1. The summed E-state index contributed by atoms with van der Waals surface area (Å²) < 4.78 is 102. The van der Waals surface area contributed by atoms with E-state index in [0.29, 0.717) is 4.98 Å². The average molecular weight is 299 g/mol. The third-order valence-corrected chi connectivity index (χ3v) is 2.86. The highest BCUT2D eigenvalue weighted by molar-refractivity contribution is 5.84. The number of fused-ring (bicyclic) bond motifs is 1. The lowest BCUT2D eigenvalue weighted by Crippen LogP contribution is -2.28. The largest absolute Gasteiger partial charge is 0.447 e. The fraction of sp³-hybridized carbons (Fsp3) is 0.438. The smallest absolute Gasteiger partial charge is 0.407 e. The minimum atomic E-state index is -2.65. The molecule has 2 aromatic rings. The molecule has 21 heavy (non-hydrogen) atoms. The van der Waals surface area contributed by atoms with E-state index in [9.17, 15) is 4.79 Å². The summed E-state index contributed by atoms with van der Waals surface area (Å²) in [6.45, 7) is -3.90. The molecule has 1 aliphatic rings. The van der Waals surface area contributed by atoms with Crippen LogP contribution in [0, 0.1) is 0 Å². The van der Waals surface area contributed by atoms with Crippen LogP contribution in [0.1, 0.15) is 24.8 Å². The highest BCUT2D eigenvalue weighted by Crippen LogP contribution is 2.21. The van der Waals surface area contributed by atoms with Gasteiger partial charge in [0.1, 0.15) is 6.61 Å². The maximum absolute atomic E-state index is 11.6. The van der Waals surface area contributed by atoms with E-state index in [0.717, 1.165) is 11.9 Å². The van der Waals surface area contributed by atoms with E-state index in [-0.39, 0.29) is 21.8 Å². The van der Waals surface area contributed by atoms with E-state index in [1.807, 2.05) is 0 Å². The molecule has 1 atom stereocenters. The van der Waals surface area contributed by atoms with Gasteiger partial charge in [-0.3, -0.25) is 0 Å². The van der Waals surface area contributed by atoms with Crippen LogP contribution >= 0.6 is 0 Å². The number of rotatable bonds is 5. The molecule has 2 N–H and O–H groups in total. The number of aromatic nitrogens is 1. The summed E-state index contributed by atoms with van der Waals surface area (Å²) in [5, 5.41) is -0.0863. The van der Waals surface area contributed by atoms with Crippen LogP contribution in [-0.4, -0.2) is 49.2 Å². The van der Waals surface area contributed by atoms with Gasteiger partial charge in [-0.1, -0.05) is 6.04 Å². The molecule has 1 fully saturated rings. The Morgan fingerprint density at radius 3 is 3.38 bits per heavy atom. The molecule has 1 saturated heterocycles. The first-order valence-corrected chi connectivity index (χ1v) is 6.24. The molecular weight excluding hydrogens is 266 g/mol. The number of cyclic esters (lactones) is 1. The number of nitrogens with one attached hydrogen (secondary N) is 2. The van der Waals surface area contributed by atoms with E-state index < -0.39 is 74.9 Å². The van der Waals surface area contributed by atoms with Crippen LogP contribution < -0.4 is 5.31 Å². The van der Waals surface area contributed by atoms with Gasteiger partial charge in [0.25, 0.3) is 0 Å². The van der Waals surface area contributed by atoms with Crippen molar-refractivity contribution in [3.63, 3.8) is 0 Å². The second kappa shape index (κ2) is 5.77. The number of amides is 1. The zero-order valence-electron chi connectivity index (χ0n) is 23.3. The van der Waals surface area contributed by atoms with Gasteiger partial charge < -0.3 is 19.9 Å². The summed E-state index contributed by atoms with van der Waals surface area (Å²) in [6, 6.07) is -3.71. The standard InChI is InChI=1S/C16H21N3O2/c1-19(2)6-5-12-9-17-15-4-3-11(8-14(12)15)7-13-10-21-16(20)18-13/h3-4,8-9,13,17H,5-7,10H2,1-2H3,(H,18,20)/t13-/m0/s1/i1D3,3D,4D,5D2,8D,9D,13D/hD2. The van der Waals surface area contributed by atoms with Crippen molar-refractivity contribution in [3.8, 4) is 0 Å². The number of hydrogen-bond acceptors (Lipinski definition) is 3. The maximum atomic E-state index is 11.6. The van der Waals surface area contributed by atoms with Gasteiger partial charge in [-0.25, -0.2) is 4.79 Å². The maximum Gasteiger partial charge on any atom is 0.407 e. The van der Waals surface area contributed by atoms with Crippen LogP contribution in [0.3, 0.4) is 0 Å². The monoisotopic (exact) mass is 299 g/mol. The number of likely N-dealkylation sites (N-methyl/N-ethyl adjacent to an activating group) is 1. The predicted molar refractivity (Wildman–Crippen MR) is 82.5 cm³/mol. The lowest BCUT2D eigenvalue weighted by molar-refractivity contribution is 0.177. The van der Waals surface area contributed by atoms with Crippen molar-refractivity contribution >= 4 is 17.0 Å². The summed E-state index contributed by atoms with van der Waals surface area (Å²) in [5.41, 5.74) is -1.14. The van der Waals surface area contributed by atoms with Gasteiger partial charge in [0, 0.05) is 30.5 Å². The van der Waals surface area contributed by atoms with Crippen LogP contribution in [0.5, 0.6) is 0 Å². The number of carbonyl (C=O) groups is 1. The van der Waals surface area contributed by atoms with Gasteiger partial charge in [0.2, 0.25) is 0 Å². The molecule has 0 bridgehead atoms. The number of H-pyrrole nitrogens is 1. The van der Waals surface area contributed by atoms with Crippen molar-refractivity contribution in [1.29, 1.82) is 0 Å². The van der Waals surface area contributed by atoms with Crippen LogP contribution in [0.2, 0.25) is 2.82 Å². The molecule has 3 rings (SSSR count). The Balaban J connectivity index is 2.25. The molecule has 0 radical (unpaired) electrons. The van der Waals surface area contributed by atoms with Crippen LogP contribution in [0.15, 0.2) is 24.3 Å². The first kappa shape index (κ1) is 5.65. The predicted octanol–water partition coefficient (Wildman–Crippen LogP) is 1.92. The highest BCUT2D eigenvalue weighted by Gasteiger charge is 2.22. The number of carbonyl (C=O) groups excluding carboxylic acids is 1. The summed E-state index contributed by atoms with van der Waals surface area (Å²) in [7, 11) is 1.16. The van der Waals surface area contributed by atoms with Crippen molar-refractivity contribution in [1.82, 2.24) is 15.2 Å². The number of ether oxygens (including phenoxy) is 1. The van der Waals surface area contributed by atoms with E-state index in [1.165, 1.54) is 0 Å². The van der Waals surface area contributed by atoms with Gasteiger partial charge in [-0.15, -0.1) is 0 Å².